The van der Waals surface area contributed by atoms with Gasteiger partial charge in [0.05, 0.1) is 10.9 Å². The van der Waals surface area contributed by atoms with E-state index in [1.54, 1.807) is 17.0 Å². The van der Waals surface area contributed by atoms with Crippen LogP contribution < -0.4 is 4.74 Å². The number of ether oxygens (including phenoxy) is 2. The van der Waals surface area contributed by atoms with Crippen LogP contribution in [0.4, 0.5) is 13.6 Å². The smallest absolute Gasteiger partial charge is 0.410 e. The van der Waals surface area contributed by atoms with Gasteiger partial charge in [0, 0.05) is 25.3 Å². The molecule has 6 nitrogen and oxygen atoms in total. The predicted octanol–water partition coefficient (Wildman–Crippen LogP) is 4.59. The highest BCUT2D eigenvalue weighted by Gasteiger charge is 2.27. The lowest BCUT2D eigenvalue weighted by Gasteiger charge is -2.33. The standard InChI is InChI=1S/C20H27F2N3O3/c1-13-17-15(6-5-7-16(17)27-18(21)22)23-25(13)12-14-8-10-24(11-9-14)19(26)28-20(2,3)4/h5-7,14,18H,8-12H2,1-4H3. The van der Waals surface area contributed by atoms with Gasteiger partial charge in [-0.2, -0.15) is 13.9 Å². The molecule has 2 heterocycles. The molecule has 0 atom stereocenters. The van der Waals surface area contributed by atoms with Crippen molar-refractivity contribution in [3.63, 3.8) is 0 Å². The molecule has 8 heteroatoms. The molecule has 0 aliphatic carbocycles. The lowest BCUT2D eigenvalue weighted by atomic mass is 9.97. The molecule has 0 radical (unpaired) electrons. The summed E-state index contributed by atoms with van der Waals surface area (Å²) in [5.74, 6) is 0.502. The molecule has 2 aromatic rings. The summed E-state index contributed by atoms with van der Waals surface area (Å²) in [4.78, 5) is 13.9. The van der Waals surface area contributed by atoms with Gasteiger partial charge in [-0.25, -0.2) is 4.79 Å². The zero-order valence-corrected chi connectivity index (χ0v) is 16.7. The molecule has 0 unspecified atom stereocenters. The number of fused-ring (bicyclic) bond motifs is 1. The molecular formula is C20H27F2N3O3. The number of carbonyl (C=O) groups is 1. The third-order valence-corrected chi connectivity index (χ3v) is 4.90. The number of piperidine rings is 1. The van der Waals surface area contributed by atoms with Crippen molar-refractivity contribution < 1.29 is 23.0 Å². The molecule has 0 saturated carbocycles. The first-order chi connectivity index (χ1) is 13.1. The Hall–Kier alpha value is -2.38. The summed E-state index contributed by atoms with van der Waals surface area (Å²) in [7, 11) is 0. The summed E-state index contributed by atoms with van der Waals surface area (Å²) in [6, 6.07) is 4.99. The number of rotatable bonds is 4. The number of likely N-dealkylation sites (tertiary alicyclic amines) is 1. The number of amides is 1. The van der Waals surface area contributed by atoms with E-state index in [0.717, 1.165) is 18.5 Å². The summed E-state index contributed by atoms with van der Waals surface area (Å²) in [5.41, 5.74) is 0.945. The molecule has 3 rings (SSSR count). The minimum Gasteiger partial charge on any atom is -0.444 e. The van der Waals surface area contributed by atoms with Gasteiger partial charge in [-0.3, -0.25) is 4.68 Å². The van der Waals surface area contributed by atoms with E-state index < -0.39 is 12.2 Å². The summed E-state index contributed by atoms with van der Waals surface area (Å²) in [6.07, 6.45) is 1.41. The SMILES string of the molecule is Cc1c2c(OC(F)F)cccc2nn1CC1CCN(C(=O)OC(C)(C)C)CC1. The fourth-order valence-electron chi connectivity index (χ4n) is 3.54. The average Bonchev–Trinajstić information content (AvgIpc) is 2.90. The largest absolute Gasteiger partial charge is 0.444 e. The third-order valence-electron chi connectivity index (χ3n) is 4.90. The van der Waals surface area contributed by atoms with Gasteiger partial charge in [-0.05, 0) is 58.6 Å². The van der Waals surface area contributed by atoms with Gasteiger partial charge in [0.2, 0.25) is 0 Å². The van der Waals surface area contributed by atoms with Crippen molar-refractivity contribution in [3.05, 3.63) is 23.9 Å². The number of carbonyl (C=O) groups excluding carboxylic acids is 1. The van der Waals surface area contributed by atoms with Crippen molar-refractivity contribution in [1.29, 1.82) is 0 Å². The van der Waals surface area contributed by atoms with Crippen molar-refractivity contribution in [2.45, 2.75) is 59.3 Å². The fraction of sp³-hybridized carbons (Fsp3) is 0.600. The molecule has 1 aromatic carbocycles. The van der Waals surface area contributed by atoms with Gasteiger partial charge < -0.3 is 14.4 Å². The van der Waals surface area contributed by atoms with Crippen LogP contribution in [0.1, 0.15) is 39.3 Å². The predicted molar refractivity (Wildman–Crippen MR) is 102 cm³/mol. The molecule has 1 aliphatic heterocycles. The summed E-state index contributed by atoms with van der Waals surface area (Å²) in [6.45, 7) is 6.52. The van der Waals surface area contributed by atoms with Crippen LogP contribution in [-0.4, -0.2) is 46.1 Å². The highest BCUT2D eigenvalue weighted by molar-refractivity contribution is 5.87. The van der Waals surface area contributed by atoms with Gasteiger partial charge in [0.25, 0.3) is 0 Å². The summed E-state index contributed by atoms with van der Waals surface area (Å²) < 4.78 is 37.3. The Kier molecular flexibility index (Phi) is 5.76. The van der Waals surface area contributed by atoms with Crippen LogP contribution >= 0.6 is 0 Å². The quantitative estimate of drug-likeness (QED) is 0.760. The fourth-order valence-corrected chi connectivity index (χ4v) is 3.54. The molecule has 1 aromatic heterocycles. The van der Waals surface area contributed by atoms with E-state index in [0.29, 0.717) is 36.5 Å². The Morgan fingerprint density at radius 2 is 1.96 bits per heavy atom. The summed E-state index contributed by atoms with van der Waals surface area (Å²) in [5, 5.41) is 5.18. The highest BCUT2D eigenvalue weighted by atomic mass is 19.3. The van der Waals surface area contributed by atoms with Crippen molar-refractivity contribution in [1.82, 2.24) is 14.7 Å². The zero-order chi connectivity index (χ0) is 20.5. The summed E-state index contributed by atoms with van der Waals surface area (Å²) >= 11 is 0. The van der Waals surface area contributed by atoms with Gasteiger partial charge in [-0.1, -0.05) is 6.07 Å². The number of alkyl halides is 2. The van der Waals surface area contributed by atoms with Gasteiger partial charge in [0.15, 0.2) is 0 Å². The maximum absolute atomic E-state index is 12.7. The molecule has 1 fully saturated rings. The Bertz CT molecular complexity index is 837. The number of aromatic nitrogens is 2. The van der Waals surface area contributed by atoms with Crippen LogP contribution in [0.25, 0.3) is 10.9 Å². The van der Waals surface area contributed by atoms with E-state index in [1.165, 1.54) is 6.07 Å². The van der Waals surface area contributed by atoms with Crippen molar-refractivity contribution >= 4 is 17.0 Å². The van der Waals surface area contributed by atoms with Crippen LogP contribution in [0.15, 0.2) is 18.2 Å². The third kappa shape index (κ3) is 4.72. The number of aryl methyl sites for hydroxylation is 1. The van der Waals surface area contributed by atoms with E-state index in [1.807, 2.05) is 32.4 Å². The minimum absolute atomic E-state index is 0.149. The number of hydrogen-bond donors (Lipinski definition) is 0. The van der Waals surface area contributed by atoms with Crippen molar-refractivity contribution in [2.75, 3.05) is 13.1 Å². The first kappa shape index (κ1) is 20.4. The molecule has 0 spiro atoms. The maximum atomic E-state index is 12.7. The number of hydrogen-bond acceptors (Lipinski definition) is 4. The van der Waals surface area contributed by atoms with Gasteiger partial charge in [0.1, 0.15) is 11.4 Å². The first-order valence-electron chi connectivity index (χ1n) is 9.53. The molecule has 28 heavy (non-hydrogen) atoms. The molecule has 0 bridgehead atoms. The number of benzene rings is 1. The molecular weight excluding hydrogens is 368 g/mol. The first-order valence-corrected chi connectivity index (χ1v) is 9.53. The van der Waals surface area contributed by atoms with Gasteiger partial charge >= 0.3 is 12.7 Å². The van der Waals surface area contributed by atoms with Crippen LogP contribution in [0.2, 0.25) is 0 Å². The Labute approximate surface area is 163 Å². The second-order valence-corrected chi connectivity index (χ2v) is 8.21. The molecule has 1 amide bonds. The normalized spacial score (nSPS) is 16.0. The lowest BCUT2D eigenvalue weighted by molar-refractivity contribution is -0.0488. The van der Waals surface area contributed by atoms with E-state index in [-0.39, 0.29) is 11.8 Å². The molecule has 1 saturated heterocycles. The monoisotopic (exact) mass is 395 g/mol. The second kappa shape index (κ2) is 7.93. The van der Waals surface area contributed by atoms with Crippen LogP contribution in [-0.2, 0) is 11.3 Å². The molecule has 0 N–H and O–H groups in total. The van der Waals surface area contributed by atoms with Crippen molar-refractivity contribution in [2.24, 2.45) is 5.92 Å². The topological polar surface area (TPSA) is 56.6 Å². The van der Waals surface area contributed by atoms with Crippen LogP contribution in [0.5, 0.6) is 5.75 Å². The van der Waals surface area contributed by atoms with E-state index in [9.17, 15) is 13.6 Å². The average molecular weight is 395 g/mol. The Morgan fingerprint density at radius 3 is 2.57 bits per heavy atom. The highest BCUT2D eigenvalue weighted by Crippen LogP contribution is 2.31. The number of nitrogens with zero attached hydrogens (tertiary/aromatic N) is 3. The molecule has 154 valence electrons. The van der Waals surface area contributed by atoms with E-state index in [2.05, 4.69) is 9.84 Å². The van der Waals surface area contributed by atoms with Crippen LogP contribution in [0, 0.1) is 12.8 Å². The maximum Gasteiger partial charge on any atom is 0.410 e. The van der Waals surface area contributed by atoms with E-state index in [4.69, 9.17) is 4.74 Å². The van der Waals surface area contributed by atoms with E-state index >= 15 is 0 Å². The minimum atomic E-state index is -2.87. The van der Waals surface area contributed by atoms with Gasteiger partial charge in [-0.15, -0.1) is 0 Å². The van der Waals surface area contributed by atoms with Crippen molar-refractivity contribution in [3.8, 4) is 5.75 Å². The second-order valence-electron chi connectivity index (χ2n) is 8.21. The molecule has 1 aliphatic rings. The van der Waals surface area contributed by atoms with Crippen LogP contribution in [0.3, 0.4) is 0 Å². The Morgan fingerprint density at radius 1 is 1.29 bits per heavy atom. The lowest BCUT2D eigenvalue weighted by Crippen LogP contribution is -2.42. The number of halogens is 2. The Balaban J connectivity index is 1.66. The zero-order valence-electron chi connectivity index (χ0n) is 16.7.